The van der Waals surface area contributed by atoms with E-state index < -0.39 is 17.6 Å². The maximum Gasteiger partial charge on any atom is 0.251 e. The van der Waals surface area contributed by atoms with E-state index in [0.717, 1.165) is 12.8 Å². The average molecular weight is 230 g/mol. The molecule has 0 aromatic carbocycles. The predicted octanol–water partition coefficient (Wildman–Crippen LogP) is 2.74. The molecule has 0 bridgehead atoms. The van der Waals surface area contributed by atoms with Crippen LogP contribution in [0.3, 0.4) is 0 Å². The highest BCUT2D eigenvalue weighted by molar-refractivity contribution is 5.40. The predicted molar refractivity (Wildman–Crippen MR) is 54.7 cm³/mol. The summed E-state index contributed by atoms with van der Waals surface area (Å²) >= 11 is 0. The zero-order valence-corrected chi connectivity index (χ0v) is 9.01. The number of hydrogen-bond acceptors (Lipinski definition) is 2. The summed E-state index contributed by atoms with van der Waals surface area (Å²) < 4.78 is 39.0. The van der Waals surface area contributed by atoms with E-state index in [1.807, 2.05) is 0 Å². The second kappa shape index (κ2) is 4.31. The van der Waals surface area contributed by atoms with Crippen molar-refractivity contribution >= 4 is 5.82 Å². The zero-order chi connectivity index (χ0) is 11.7. The fourth-order valence-corrected chi connectivity index (χ4v) is 1.88. The van der Waals surface area contributed by atoms with Gasteiger partial charge in [0.1, 0.15) is 0 Å². The summed E-state index contributed by atoms with van der Waals surface area (Å²) in [7, 11) is 0. The van der Waals surface area contributed by atoms with Gasteiger partial charge in [-0.3, -0.25) is 0 Å². The van der Waals surface area contributed by atoms with Gasteiger partial charge in [0, 0.05) is 19.2 Å². The van der Waals surface area contributed by atoms with Crippen LogP contribution in [0, 0.1) is 23.5 Å². The minimum absolute atomic E-state index is 0.0780. The minimum Gasteiger partial charge on any atom is -0.354 e. The van der Waals surface area contributed by atoms with E-state index in [1.165, 1.54) is 0 Å². The van der Waals surface area contributed by atoms with Gasteiger partial charge in [-0.2, -0.15) is 9.37 Å². The van der Waals surface area contributed by atoms with Crippen molar-refractivity contribution < 1.29 is 13.2 Å². The van der Waals surface area contributed by atoms with Crippen molar-refractivity contribution in [1.29, 1.82) is 0 Å². The molecule has 5 heteroatoms. The van der Waals surface area contributed by atoms with Gasteiger partial charge in [0.2, 0.25) is 0 Å². The fraction of sp³-hybridized carbons (Fsp3) is 0.545. The second-order valence-corrected chi connectivity index (χ2v) is 4.24. The maximum atomic E-state index is 13.4. The third kappa shape index (κ3) is 2.13. The van der Waals surface area contributed by atoms with Crippen molar-refractivity contribution in [2.24, 2.45) is 5.92 Å². The number of aromatic nitrogens is 1. The first-order chi connectivity index (χ1) is 7.58. The van der Waals surface area contributed by atoms with Gasteiger partial charge in [-0.15, -0.1) is 0 Å². The third-order valence-electron chi connectivity index (χ3n) is 2.95. The molecule has 2 rings (SSSR count). The molecule has 0 aliphatic carbocycles. The van der Waals surface area contributed by atoms with E-state index in [0.29, 0.717) is 25.1 Å². The smallest absolute Gasteiger partial charge is 0.251 e. The molecule has 1 fully saturated rings. The maximum absolute atomic E-state index is 13.4. The van der Waals surface area contributed by atoms with E-state index >= 15 is 0 Å². The topological polar surface area (TPSA) is 16.1 Å². The summed E-state index contributed by atoms with van der Waals surface area (Å²) in [5.74, 6) is -2.77. The summed E-state index contributed by atoms with van der Waals surface area (Å²) in [4.78, 5) is 4.99. The highest BCUT2D eigenvalue weighted by atomic mass is 19.2. The van der Waals surface area contributed by atoms with Gasteiger partial charge >= 0.3 is 0 Å². The normalized spacial score (nSPS) is 17.9. The van der Waals surface area contributed by atoms with Gasteiger partial charge in [-0.1, -0.05) is 6.92 Å². The molecule has 1 saturated heterocycles. The van der Waals surface area contributed by atoms with E-state index in [-0.39, 0.29) is 5.82 Å². The summed E-state index contributed by atoms with van der Waals surface area (Å²) in [6, 6.07) is 0.551. The number of nitrogens with zero attached hydrogens (tertiary/aromatic N) is 2. The Labute approximate surface area is 92.1 Å². The Bertz CT molecular complexity index is 387. The summed E-state index contributed by atoms with van der Waals surface area (Å²) in [6.07, 6.45) is 1.83. The number of pyridine rings is 1. The first kappa shape index (κ1) is 11.2. The van der Waals surface area contributed by atoms with Gasteiger partial charge in [0.25, 0.3) is 5.95 Å². The third-order valence-corrected chi connectivity index (χ3v) is 2.95. The van der Waals surface area contributed by atoms with Crippen LogP contribution in [0.25, 0.3) is 0 Å². The molecule has 1 aliphatic heterocycles. The van der Waals surface area contributed by atoms with E-state index in [4.69, 9.17) is 0 Å². The summed E-state index contributed by atoms with van der Waals surface area (Å²) in [6.45, 7) is 3.39. The molecule has 0 atom stereocenters. The van der Waals surface area contributed by atoms with Crippen molar-refractivity contribution in [3.05, 3.63) is 23.6 Å². The lowest BCUT2D eigenvalue weighted by atomic mass is 9.99. The first-order valence-corrected chi connectivity index (χ1v) is 5.34. The molecular formula is C11H13F3N2. The van der Waals surface area contributed by atoms with E-state index in [2.05, 4.69) is 11.9 Å². The second-order valence-electron chi connectivity index (χ2n) is 4.24. The molecule has 0 unspecified atom stereocenters. The van der Waals surface area contributed by atoms with Crippen LogP contribution in [-0.4, -0.2) is 18.1 Å². The number of anilines is 1. The van der Waals surface area contributed by atoms with Crippen molar-refractivity contribution in [1.82, 2.24) is 4.98 Å². The summed E-state index contributed by atoms with van der Waals surface area (Å²) in [5.41, 5.74) is 0. The lowest BCUT2D eigenvalue weighted by Gasteiger charge is -2.31. The Balaban J connectivity index is 2.23. The van der Waals surface area contributed by atoms with Crippen molar-refractivity contribution in [2.45, 2.75) is 19.8 Å². The standard InChI is InChI=1S/C11H13F3N2/c1-7-2-4-16(5-3-7)11-9(13)6-8(12)10(14)15-11/h6-7H,2-5H2,1H3. The number of halogens is 3. The number of piperidine rings is 1. The van der Waals surface area contributed by atoms with Crippen LogP contribution >= 0.6 is 0 Å². The molecule has 0 saturated carbocycles. The minimum atomic E-state index is -1.24. The quantitative estimate of drug-likeness (QED) is 0.689. The molecule has 0 amide bonds. The Morgan fingerprint density at radius 2 is 1.81 bits per heavy atom. The SMILES string of the molecule is CC1CCN(c2nc(F)c(F)cc2F)CC1. The summed E-state index contributed by atoms with van der Waals surface area (Å²) in [5, 5.41) is 0. The molecule has 88 valence electrons. The average Bonchev–Trinajstić information content (AvgIpc) is 2.25. The van der Waals surface area contributed by atoms with Gasteiger partial charge in [-0.25, -0.2) is 8.78 Å². The Kier molecular flexibility index (Phi) is 3.03. The molecule has 1 aromatic rings. The molecule has 1 aromatic heterocycles. The van der Waals surface area contributed by atoms with Crippen LogP contribution in [0.4, 0.5) is 19.0 Å². The van der Waals surface area contributed by atoms with Crippen LogP contribution in [0.1, 0.15) is 19.8 Å². The van der Waals surface area contributed by atoms with Crippen molar-refractivity contribution in [3.63, 3.8) is 0 Å². The van der Waals surface area contributed by atoms with Gasteiger partial charge in [0.05, 0.1) is 0 Å². The van der Waals surface area contributed by atoms with Crippen LogP contribution in [-0.2, 0) is 0 Å². The molecule has 2 heterocycles. The Morgan fingerprint density at radius 1 is 1.19 bits per heavy atom. The largest absolute Gasteiger partial charge is 0.354 e. The molecule has 0 N–H and O–H groups in total. The highest BCUT2D eigenvalue weighted by Gasteiger charge is 2.21. The van der Waals surface area contributed by atoms with E-state index in [9.17, 15) is 13.2 Å². The highest BCUT2D eigenvalue weighted by Crippen LogP contribution is 2.24. The van der Waals surface area contributed by atoms with Crippen LogP contribution in [0.5, 0.6) is 0 Å². The zero-order valence-electron chi connectivity index (χ0n) is 9.01. The molecule has 0 spiro atoms. The van der Waals surface area contributed by atoms with Crippen molar-refractivity contribution in [3.8, 4) is 0 Å². The van der Waals surface area contributed by atoms with Crippen LogP contribution in [0.2, 0.25) is 0 Å². The van der Waals surface area contributed by atoms with Gasteiger partial charge < -0.3 is 4.90 Å². The molecule has 0 radical (unpaired) electrons. The van der Waals surface area contributed by atoms with Crippen molar-refractivity contribution in [2.75, 3.05) is 18.0 Å². The van der Waals surface area contributed by atoms with Crippen LogP contribution in [0.15, 0.2) is 6.07 Å². The monoisotopic (exact) mass is 230 g/mol. The Morgan fingerprint density at radius 3 is 2.44 bits per heavy atom. The number of hydrogen-bond donors (Lipinski definition) is 0. The molecule has 16 heavy (non-hydrogen) atoms. The van der Waals surface area contributed by atoms with Gasteiger partial charge in [0.15, 0.2) is 17.5 Å². The fourth-order valence-electron chi connectivity index (χ4n) is 1.88. The molecule has 1 aliphatic rings. The molecular weight excluding hydrogens is 217 g/mol. The first-order valence-electron chi connectivity index (χ1n) is 5.34. The van der Waals surface area contributed by atoms with Gasteiger partial charge in [-0.05, 0) is 18.8 Å². The van der Waals surface area contributed by atoms with E-state index in [1.54, 1.807) is 4.90 Å². The lowest BCUT2D eigenvalue weighted by Crippen LogP contribution is -2.34. The number of rotatable bonds is 1. The van der Waals surface area contributed by atoms with Crippen LogP contribution < -0.4 is 4.90 Å². The molecule has 2 nitrogen and oxygen atoms in total. The Hall–Kier alpha value is -1.26. The lowest BCUT2D eigenvalue weighted by molar-refractivity contribution is 0.422.